The molecular weight excluding hydrogens is 408 g/mol. The third-order valence-corrected chi connectivity index (χ3v) is 7.63. The zero-order chi connectivity index (χ0) is 21.6. The second-order valence-corrected chi connectivity index (χ2v) is 9.63. The molecule has 0 bridgehead atoms. The van der Waals surface area contributed by atoms with Crippen LogP contribution in [0.4, 0.5) is 0 Å². The van der Waals surface area contributed by atoms with Gasteiger partial charge in [0, 0.05) is 26.7 Å². The van der Waals surface area contributed by atoms with Gasteiger partial charge in [-0.05, 0) is 38.0 Å². The molecule has 1 aliphatic heterocycles. The van der Waals surface area contributed by atoms with E-state index in [1.165, 1.54) is 34.1 Å². The number of fused-ring (bicyclic) bond motifs is 1. The van der Waals surface area contributed by atoms with E-state index < -0.39 is 27.3 Å². The zero-order valence-electron chi connectivity index (χ0n) is 17.2. The van der Waals surface area contributed by atoms with Crippen LogP contribution in [0.5, 0.6) is 0 Å². The first-order chi connectivity index (χ1) is 14.2. The van der Waals surface area contributed by atoms with Crippen molar-refractivity contribution in [2.24, 2.45) is 14.1 Å². The van der Waals surface area contributed by atoms with Gasteiger partial charge in [-0.25, -0.2) is 13.2 Å². The smallest absolute Gasteiger partial charge is 0.330 e. The lowest BCUT2D eigenvalue weighted by atomic mass is 10.1. The second kappa shape index (κ2) is 7.51. The molecular formula is C20H24N4O5S. The van der Waals surface area contributed by atoms with Crippen molar-refractivity contribution in [3.05, 3.63) is 56.6 Å². The summed E-state index contributed by atoms with van der Waals surface area (Å²) in [5.41, 5.74) is 0.0989. The summed E-state index contributed by atoms with van der Waals surface area (Å²) < 4.78 is 36.4. The molecule has 0 spiro atoms. The van der Waals surface area contributed by atoms with Crippen LogP contribution in [-0.4, -0.2) is 33.6 Å². The van der Waals surface area contributed by atoms with Crippen LogP contribution in [0.25, 0.3) is 10.9 Å². The van der Waals surface area contributed by atoms with Gasteiger partial charge in [0.15, 0.2) is 5.76 Å². The molecule has 30 heavy (non-hydrogen) atoms. The van der Waals surface area contributed by atoms with Crippen molar-refractivity contribution < 1.29 is 12.9 Å². The molecule has 1 saturated heterocycles. The highest BCUT2D eigenvalue weighted by atomic mass is 32.2. The molecule has 1 aromatic carbocycles. The number of rotatable bonds is 3. The molecule has 0 saturated carbocycles. The molecule has 160 valence electrons. The largest absolute Gasteiger partial charge is 0.359 e. The Morgan fingerprint density at radius 3 is 2.53 bits per heavy atom. The first-order valence-corrected chi connectivity index (χ1v) is 11.3. The molecule has 3 heterocycles. The van der Waals surface area contributed by atoms with Crippen molar-refractivity contribution in [1.29, 1.82) is 0 Å². The van der Waals surface area contributed by atoms with Gasteiger partial charge >= 0.3 is 5.69 Å². The predicted octanol–water partition coefficient (Wildman–Crippen LogP) is 1.84. The molecule has 0 aliphatic carbocycles. The van der Waals surface area contributed by atoms with Gasteiger partial charge in [-0.2, -0.15) is 4.31 Å². The number of benzene rings is 1. The quantitative estimate of drug-likeness (QED) is 0.625. The third-order valence-electron chi connectivity index (χ3n) is 5.72. The molecule has 4 rings (SSSR count). The van der Waals surface area contributed by atoms with Crippen LogP contribution in [0.3, 0.4) is 0 Å². The van der Waals surface area contributed by atoms with Gasteiger partial charge in [-0.1, -0.05) is 18.0 Å². The average molecular weight is 433 g/mol. The minimum Gasteiger partial charge on any atom is -0.359 e. The van der Waals surface area contributed by atoms with Crippen LogP contribution >= 0.6 is 0 Å². The van der Waals surface area contributed by atoms with Crippen LogP contribution < -0.4 is 11.2 Å². The van der Waals surface area contributed by atoms with Crippen molar-refractivity contribution in [1.82, 2.24) is 18.6 Å². The minimum atomic E-state index is -3.91. The van der Waals surface area contributed by atoms with Crippen molar-refractivity contribution >= 4 is 20.9 Å². The number of hydrogen-bond acceptors (Lipinski definition) is 6. The molecule has 9 nitrogen and oxygen atoms in total. The number of aryl methyl sites for hydroxylation is 2. The maximum Gasteiger partial charge on any atom is 0.330 e. The fourth-order valence-corrected chi connectivity index (χ4v) is 5.76. The maximum atomic E-state index is 13.6. The fourth-order valence-electron chi connectivity index (χ4n) is 4.06. The highest BCUT2D eigenvalue weighted by molar-refractivity contribution is 7.89. The van der Waals surface area contributed by atoms with E-state index in [1.54, 1.807) is 20.0 Å². The maximum absolute atomic E-state index is 13.6. The normalized spacial score (nSPS) is 18.6. The Morgan fingerprint density at radius 1 is 1.07 bits per heavy atom. The molecule has 0 N–H and O–H groups in total. The molecule has 0 amide bonds. The Bertz CT molecular complexity index is 1340. The van der Waals surface area contributed by atoms with Crippen LogP contribution in [0.1, 0.15) is 43.2 Å². The SMILES string of the molecule is Cc1cc(C2CCCCCN2S(=O)(=O)c2ccc3c(c2)c(=O)n(C)c(=O)n3C)on1. The Kier molecular flexibility index (Phi) is 5.15. The molecule has 1 fully saturated rings. The Balaban J connectivity index is 1.86. The van der Waals surface area contributed by atoms with Gasteiger partial charge in [0.05, 0.1) is 27.5 Å². The van der Waals surface area contributed by atoms with Crippen molar-refractivity contribution in [3.63, 3.8) is 0 Å². The summed E-state index contributed by atoms with van der Waals surface area (Å²) in [5.74, 6) is 0.525. The van der Waals surface area contributed by atoms with Crippen molar-refractivity contribution in [2.45, 2.75) is 43.5 Å². The first kappa shape index (κ1) is 20.5. The monoisotopic (exact) mass is 432 g/mol. The first-order valence-electron chi connectivity index (χ1n) is 9.86. The van der Waals surface area contributed by atoms with Crippen LogP contribution in [0.2, 0.25) is 0 Å². The number of aromatic nitrogens is 3. The third kappa shape index (κ3) is 3.29. The molecule has 1 aliphatic rings. The highest BCUT2D eigenvalue weighted by Crippen LogP contribution is 2.35. The topological polar surface area (TPSA) is 107 Å². The summed E-state index contributed by atoms with van der Waals surface area (Å²) in [4.78, 5) is 24.8. The highest BCUT2D eigenvalue weighted by Gasteiger charge is 2.35. The second-order valence-electron chi connectivity index (χ2n) is 7.74. The molecule has 0 radical (unpaired) electrons. The van der Waals surface area contributed by atoms with Gasteiger partial charge in [0.1, 0.15) is 0 Å². The van der Waals surface area contributed by atoms with Gasteiger partial charge in [-0.3, -0.25) is 13.9 Å². The van der Waals surface area contributed by atoms with Crippen LogP contribution in [0, 0.1) is 6.92 Å². The molecule has 1 unspecified atom stereocenters. The standard InChI is InChI=1S/C20H24N4O5S/c1-13-11-18(29-21-13)17-7-5-4-6-10-24(17)30(27,28)14-8-9-16-15(12-14)19(25)23(3)20(26)22(16)2/h8-9,11-12,17H,4-7,10H2,1-3H3. The summed E-state index contributed by atoms with van der Waals surface area (Å²) in [6.07, 6.45) is 3.19. The van der Waals surface area contributed by atoms with Gasteiger partial charge in [0.25, 0.3) is 5.56 Å². The summed E-state index contributed by atoms with van der Waals surface area (Å²) in [7, 11) is -0.979. The fraction of sp³-hybridized carbons (Fsp3) is 0.450. The number of hydrogen-bond donors (Lipinski definition) is 0. The van der Waals surface area contributed by atoms with Crippen LogP contribution in [0.15, 0.2) is 43.3 Å². The lowest BCUT2D eigenvalue weighted by Gasteiger charge is -2.27. The molecule has 1 atom stereocenters. The van der Waals surface area contributed by atoms with Gasteiger partial charge < -0.3 is 4.52 Å². The number of nitrogens with zero attached hydrogens (tertiary/aromatic N) is 4. The van der Waals surface area contributed by atoms with Crippen LogP contribution in [-0.2, 0) is 24.1 Å². The summed E-state index contributed by atoms with van der Waals surface area (Å²) in [5, 5.41) is 4.10. The van der Waals surface area contributed by atoms with Gasteiger partial charge in [0.2, 0.25) is 10.0 Å². The predicted molar refractivity (Wildman–Crippen MR) is 111 cm³/mol. The Hall–Kier alpha value is -2.72. The average Bonchev–Trinajstić information content (AvgIpc) is 3.00. The van der Waals surface area contributed by atoms with Crippen molar-refractivity contribution in [2.75, 3.05) is 6.54 Å². The van der Waals surface area contributed by atoms with Gasteiger partial charge in [-0.15, -0.1) is 0 Å². The molecule has 10 heteroatoms. The Morgan fingerprint density at radius 2 is 1.83 bits per heavy atom. The van der Waals surface area contributed by atoms with E-state index in [0.29, 0.717) is 29.9 Å². The summed E-state index contributed by atoms with van der Waals surface area (Å²) in [6.45, 7) is 2.15. The molecule has 2 aromatic heterocycles. The lowest BCUT2D eigenvalue weighted by Crippen LogP contribution is -2.37. The van der Waals surface area contributed by atoms with E-state index >= 15 is 0 Å². The van der Waals surface area contributed by atoms with E-state index in [0.717, 1.165) is 23.8 Å². The van der Waals surface area contributed by atoms with E-state index in [9.17, 15) is 18.0 Å². The van der Waals surface area contributed by atoms with E-state index in [4.69, 9.17) is 4.52 Å². The van der Waals surface area contributed by atoms with E-state index in [1.807, 2.05) is 0 Å². The van der Waals surface area contributed by atoms with Crippen molar-refractivity contribution in [3.8, 4) is 0 Å². The van der Waals surface area contributed by atoms with E-state index in [2.05, 4.69) is 5.16 Å². The summed E-state index contributed by atoms with van der Waals surface area (Å²) >= 11 is 0. The Labute approximate surface area is 173 Å². The van der Waals surface area contributed by atoms with E-state index in [-0.39, 0.29) is 10.3 Å². The zero-order valence-corrected chi connectivity index (χ0v) is 18.0. The number of sulfonamides is 1. The summed E-state index contributed by atoms with van der Waals surface area (Å²) in [6, 6.07) is 5.64. The molecule has 3 aromatic rings. The minimum absolute atomic E-state index is 0.0221. The lowest BCUT2D eigenvalue weighted by molar-refractivity contribution is 0.258.